The van der Waals surface area contributed by atoms with Crippen LogP contribution in [0, 0.1) is 5.92 Å². The van der Waals surface area contributed by atoms with Crippen molar-refractivity contribution >= 4 is 17.9 Å². The van der Waals surface area contributed by atoms with E-state index in [0.29, 0.717) is 19.3 Å². The molecule has 0 N–H and O–H groups in total. The van der Waals surface area contributed by atoms with Gasteiger partial charge in [0.1, 0.15) is 13.2 Å². The Morgan fingerprint density at radius 2 is 0.673 bits per heavy atom. The molecule has 0 heterocycles. The van der Waals surface area contributed by atoms with E-state index in [1.54, 1.807) is 0 Å². The summed E-state index contributed by atoms with van der Waals surface area (Å²) < 4.78 is 16.6. The number of hydrogen-bond donors (Lipinski definition) is 0. The smallest absolute Gasteiger partial charge is 0.306 e. The van der Waals surface area contributed by atoms with Crippen molar-refractivity contribution in [2.75, 3.05) is 13.2 Å². The second kappa shape index (κ2) is 37.7. The lowest BCUT2D eigenvalue weighted by Crippen LogP contribution is -2.30. The Labute approximate surface area is 304 Å². The lowest BCUT2D eigenvalue weighted by atomic mass is 10.0. The number of rotatable bonds is 38. The molecule has 0 spiro atoms. The predicted octanol–water partition coefficient (Wildman–Crippen LogP) is 13.2. The predicted molar refractivity (Wildman–Crippen MR) is 206 cm³/mol. The van der Waals surface area contributed by atoms with E-state index in [1.165, 1.54) is 128 Å². The van der Waals surface area contributed by atoms with Crippen LogP contribution in [0.15, 0.2) is 0 Å². The van der Waals surface area contributed by atoms with Crippen LogP contribution in [0.4, 0.5) is 0 Å². The molecule has 0 radical (unpaired) electrons. The van der Waals surface area contributed by atoms with Crippen molar-refractivity contribution in [2.24, 2.45) is 5.92 Å². The Morgan fingerprint density at radius 1 is 0.388 bits per heavy atom. The topological polar surface area (TPSA) is 78.9 Å². The maximum Gasteiger partial charge on any atom is 0.306 e. The van der Waals surface area contributed by atoms with Crippen molar-refractivity contribution in [3.63, 3.8) is 0 Å². The first-order chi connectivity index (χ1) is 23.9. The minimum absolute atomic E-state index is 0.0649. The van der Waals surface area contributed by atoms with E-state index in [0.717, 1.165) is 63.7 Å². The first kappa shape index (κ1) is 47.4. The monoisotopic (exact) mass is 695 g/mol. The fourth-order valence-corrected chi connectivity index (χ4v) is 6.27. The molecule has 0 fully saturated rings. The van der Waals surface area contributed by atoms with Crippen molar-refractivity contribution in [1.29, 1.82) is 0 Å². The molecule has 49 heavy (non-hydrogen) atoms. The minimum atomic E-state index is -0.757. The van der Waals surface area contributed by atoms with Crippen LogP contribution in [0.5, 0.6) is 0 Å². The number of ether oxygens (including phenoxy) is 3. The van der Waals surface area contributed by atoms with Gasteiger partial charge in [0.2, 0.25) is 0 Å². The van der Waals surface area contributed by atoms with E-state index >= 15 is 0 Å². The van der Waals surface area contributed by atoms with Crippen LogP contribution in [-0.2, 0) is 28.6 Å². The summed E-state index contributed by atoms with van der Waals surface area (Å²) in [6, 6.07) is 0. The lowest BCUT2D eigenvalue weighted by Gasteiger charge is -2.18. The number of carbonyl (C=O) groups is 3. The largest absolute Gasteiger partial charge is 0.462 e. The SMILES string of the molecule is CCCCCCCCCCCCC(=O)OC[C@H](COC(=O)CCCCCCCCCCCCCC(C)C)OC(=O)CCCCCCCCC. The highest BCUT2D eigenvalue weighted by molar-refractivity contribution is 5.71. The molecule has 0 aromatic rings. The van der Waals surface area contributed by atoms with E-state index < -0.39 is 6.10 Å². The molecule has 290 valence electrons. The molecule has 0 aliphatic carbocycles. The maximum absolute atomic E-state index is 12.6. The first-order valence-corrected chi connectivity index (χ1v) is 21.4. The summed E-state index contributed by atoms with van der Waals surface area (Å²) in [5.74, 6) is -0.0393. The average molecular weight is 695 g/mol. The molecule has 1 atom stereocenters. The van der Waals surface area contributed by atoms with E-state index in [-0.39, 0.29) is 31.1 Å². The van der Waals surface area contributed by atoms with Crippen LogP contribution in [0.2, 0.25) is 0 Å². The van der Waals surface area contributed by atoms with Crippen LogP contribution in [-0.4, -0.2) is 37.2 Å². The third kappa shape index (κ3) is 37.5. The Morgan fingerprint density at radius 3 is 1.00 bits per heavy atom. The van der Waals surface area contributed by atoms with Gasteiger partial charge in [0.25, 0.3) is 0 Å². The van der Waals surface area contributed by atoms with Gasteiger partial charge in [-0.15, -0.1) is 0 Å². The summed E-state index contributed by atoms with van der Waals surface area (Å²) in [4.78, 5) is 37.4. The zero-order chi connectivity index (χ0) is 36.0. The van der Waals surface area contributed by atoms with Crippen molar-refractivity contribution in [2.45, 2.75) is 239 Å². The number of unbranched alkanes of at least 4 members (excludes halogenated alkanes) is 25. The molecule has 6 nitrogen and oxygen atoms in total. The third-order valence-corrected chi connectivity index (χ3v) is 9.54. The van der Waals surface area contributed by atoms with Gasteiger partial charge in [-0.05, 0) is 25.2 Å². The Kier molecular flexibility index (Phi) is 36.4. The van der Waals surface area contributed by atoms with Gasteiger partial charge in [-0.2, -0.15) is 0 Å². The molecule has 0 aromatic carbocycles. The molecule has 0 aliphatic heterocycles. The molecule has 0 bridgehead atoms. The molecule has 0 saturated heterocycles. The van der Waals surface area contributed by atoms with Gasteiger partial charge in [0, 0.05) is 19.3 Å². The second-order valence-electron chi connectivity index (χ2n) is 15.1. The highest BCUT2D eigenvalue weighted by atomic mass is 16.6. The summed E-state index contributed by atoms with van der Waals surface area (Å²) in [7, 11) is 0. The first-order valence-electron chi connectivity index (χ1n) is 21.4. The summed E-state index contributed by atoms with van der Waals surface area (Å²) >= 11 is 0. The van der Waals surface area contributed by atoms with E-state index in [1.807, 2.05) is 0 Å². The quantitative estimate of drug-likeness (QED) is 0.0364. The van der Waals surface area contributed by atoms with Crippen molar-refractivity contribution in [3.05, 3.63) is 0 Å². The average Bonchev–Trinajstić information content (AvgIpc) is 3.08. The van der Waals surface area contributed by atoms with Gasteiger partial charge in [0.05, 0.1) is 0 Å². The lowest BCUT2D eigenvalue weighted by molar-refractivity contribution is -0.167. The number of carbonyl (C=O) groups excluding carboxylic acids is 3. The fraction of sp³-hybridized carbons (Fsp3) is 0.930. The van der Waals surface area contributed by atoms with Crippen LogP contribution in [0.3, 0.4) is 0 Å². The van der Waals surface area contributed by atoms with Gasteiger partial charge in [-0.1, -0.05) is 195 Å². The normalized spacial score (nSPS) is 11.9. The molecule has 0 amide bonds. The Bertz CT molecular complexity index is 736. The highest BCUT2D eigenvalue weighted by Gasteiger charge is 2.19. The van der Waals surface area contributed by atoms with Gasteiger partial charge in [-0.3, -0.25) is 14.4 Å². The third-order valence-electron chi connectivity index (χ3n) is 9.54. The molecular weight excluding hydrogens is 612 g/mol. The molecule has 0 aromatic heterocycles. The van der Waals surface area contributed by atoms with Crippen LogP contribution in [0.25, 0.3) is 0 Å². The second-order valence-corrected chi connectivity index (χ2v) is 15.1. The standard InChI is InChI=1S/C43H82O6/c1-5-7-9-11-13-14-19-23-26-30-34-41(44)47-37-40(49-43(46)36-32-28-21-12-10-8-6-2)38-48-42(45)35-31-27-24-20-17-15-16-18-22-25-29-33-39(3)4/h39-40H,5-38H2,1-4H3/t40-/m1/s1. The van der Waals surface area contributed by atoms with Crippen LogP contribution < -0.4 is 0 Å². The maximum atomic E-state index is 12.6. The number of esters is 3. The van der Waals surface area contributed by atoms with Crippen molar-refractivity contribution in [3.8, 4) is 0 Å². The molecule has 0 rings (SSSR count). The molecular formula is C43H82O6. The van der Waals surface area contributed by atoms with E-state index in [2.05, 4.69) is 27.7 Å². The summed E-state index contributed by atoms with van der Waals surface area (Å²) in [6.45, 7) is 8.93. The Balaban J connectivity index is 4.25. The van der Waals surface area contributed by atoms with Gasteiger partial charge >= 0.3 is 17.9 Å². The molecule has 0 unspecified atom stereocenters. The van der Waals surface area contributed by atoms with Gasteiger partial charge in [-0.25, -0.2) is 0 Å². The summed E-state index contributed by atoms with van der Waals surface area (Å²) in [6.07, 6.45) is 35.2. The van der Waals surface area contributed by atoms with Gasteiger partial charge < -0.3 is 14.2 Å². The van der Waals surface area contributed by atoms with Gasteiger partial charge in [0.15, 0.2) is 6.10 Å². The van der Waals surface area contributed by atoms with E-state index in [4.69, 9.17) is 14.2 Å². The Hall–Kier alpha value is -1.59. The van der Waals surface area contributed by atoms with Crippen LogP contribution in [0.1, 0.15) is 233 Å². The zero-order valence-corrected chi connectivity index (χ0v) is 33.1. The molecule has 0 aliphatic rings. The van der Waals surface area contributed by atoms with Crippen molar-refractivity contribution in [1.82, 2.24) is 0 Å². The van der Waals surface area contributed by atoms with Crippen molar-refractivity contribution < 1.29 is 28.6 Å². The summed E-state index contributed by atoms with van der Waals surface area (Å²) in [5, 5.41) is 0. The summed E-state index contributed by atoms with van der Waals surface area (Å²) in [5.41, 5.74) is 0. The highest BCUT2D eigenvalue weighted by Crippen LogP contribution is 2.16. The zero-order valence-electron chi connectivity index (χ0n) is 33.1. The fourth-order valence-electron chi connectivity index (χ4n) is 6.27. The minimum Gasteiger partial charge on any atom is -0.462 e. The molecule has 0 saturated carbocycles. The molecule has 6 heteroatoms. The number of hydrogen-bond acceptors (Lipinski definition) is 6. The van der Waals surface area contributed by atoms with E-state index in [9.17, 15) is 14.4 Å². The van der Waals surface area contributed by atoms with Crippen LogP contribution >= 0.6 is 0 Å².